The number of nitrogens with one attached hydrogen (secondary N) is 1. The first-order valence-corrected chi connectivity index (χ1v) is 10.7. The van der Waals surface area contributed by atoms with Crippen LogP contribution in [0, 0.1) is 5.92 Å². The van der Waals surface area contributed by atoms with Gasteiger partial charge >= 0.3 is 0 Å². The third-order valence-electron chi connectivity index (χ3n) is 4.15. The van der Waals surface area contributed by atoms with Crippen LogP contribution in [0.1, 0.15) is 37.6 Å². The molecule has 1 aromatic rings. The SMILES string of the molecule is CC(C)C[C@@H](NC(=O)CN(C)[C@H]1CCS(=O)(=O)C1)c1cccs1. The molecule has 0 bridgehead atoms. The normalized spacial score (nSPS) is 21.7. The van der Waals surface area contributed by atoms with Crippen LogP contribution in [0.3, 0.4) is 0 Å². The van der Waals surface area contributed by atoms with Gasteiger partial charge in [-0.25, -0.2) is 8.42 Å². The van der Waals surface area contributed by atoms with Crippen molar-refractivity contribution in [1.29, 1.82) is 0 Å². The number of hydrogen-bond donors (Lipinski definition) is 1. The van der Waals surface area contributed by atoms with E-state index in [1.807, 2.05) is 29.5 Å². The molecule has 1 aromatic heterocycles. The van der Waals surface area contributed by atoms with Crippen molar-refractivity contribution in [3.63, 3.8) is 0 Å². The van der Waals surface area contributed by atoms with Gasteiger partial charge in [-0.2, -0.15) is 0 Å². The molecule has 0 aliphatic carbocycles. The highest BCUT2D eigenvalue weighted by atomic mass is 32.2. The number of sulfone groups is 1. The van der Waals surface area contributed by atoms with Crippen LogP contribution in [0.4, 0.5) is 0 Å². The minimum Gasteiger partial charge on any atom is -0.347 e. The van der Waals surface area contributed by atoms with Crippen molar-refractivity contribution in [3.05, 3.63) is 22.4 Å². The zero-order chi connectivity index (χ0) is 17.0. The molecule has 1 saturated heterocycles. The first-order valence-electron chi connectivity index (χ1n) is 8.00. The van der Waals surface area contributed by atoms with Gasteiger partial charge in [-0.05, 0) is 37.3 Å². The summed E-state index contributed by atoms with van der Waals surface area (Å²) in [5.74, 6) is 0.835. The molecule has 1 amide bonds. The highest BCUT2D eigenvalue weighted by Gasteiger charge is 2.31. The zero-order valence-electron chi connectivity index (χ0n) is 14.0. The predicted octanol–water partition coefficient (Wildman–Crippen LogP) is 2.07. The quantitative estimate of drug-likeness (QED) is 0.810. The lowest BCUT2D eigenvalue weighted by Crippen LogP contribution is -2.42. The maximum atomic E-state index is 12.4. The topological polar surface area (TPSA) is 66.5 Å². The van der Waals surface area contributed by atoms with E-state index in [1.54, 1.807) is 11.3 Å². The molecule has 2 atom stereocenters. The number of thiophene rings is 1. The fraction of sp³-hybridized carbons (Fsp3) is 0.688. The van der Waals surface area contributed by atoms with Gasteiger partial charge < -0.3 is 5.32 Å². The summed E-state index contributed by atoms with van der Waals surface area (Å²) in [4.78, 5) is 15.4. The minimum absolute atomic E-state index is 0.0308. The Morgan fingerprint density at radius 1 is 1.48 bits per heavy atom. The Morgan fingerprint density at radius 2 is 2.22 bits per heavy atom. The summed E-state index contributed by atoms with van der Waals surface area (Å²) in [5, 5.41) is 5.12. The second kappa shape index (κ2) is 7.77. The largest absolute Gasteiger partial charge is 0.347 e. The van der Waals surface area contributed by atoms with Crippen LogP contribution in [0.15, 0.2) is 17.5 Å². The average Bonchev–Trinajstić information content (AvgIpc) is 3.06. The lowest BCUT2D eigenvalue weighted by molar-refractivity contribution is -0.123. The lowest BCUT2D eigenvalue weighted by atomic mass is 10.0. The molecular formula is C16H26N2O3S2. The molecular weight excluding hydrogens is 332 g/mol. The summed E-state index contributed by atoms with van der Waals surface area (Å²) >= 11 is 1.65. The van der Waals surface area contributed by atoms with Crippen LogP contribution in [0.2, 0.25) is 0 Å². The molecule has 0 aromatic carbocycles. The van der Waals surface area contributed by atoms with E-state index in [0.717, 1.165) is 11.3 Å². The van der Waals surface area contributed by atoms with Gasteiger partial charge in [0.1, 0.15) is 0 Å². The average molecular weight is 359 g/mol. The van der Waals surface area contributed by atoms with Crippen molar-refractivity contribution in [2.24, 2.45) is 5.92 Å². The summed E-state index contributed by atoms with van der Waals surface area (Å²) in [6.45, 7) is 4.52. The maximum Gasteiger partial charge on any atom is 0.234 e. The van der Waals surface area contributed by atoms with E-state index >= 15 is 0 Å². The maximum absolute atomic E-state index is 12.4. The Labute approximate surface area is 143 Å². The van der Waals surface area contributed by atoms with Gasteiger partial charge in [0.15, 0.2) is 9.84 Å². The van der Waals surface area contributed by atoms with Crippen LogP contribution in [0.5, 0.6) is 0 Å². The highest BCUT2D eigenvalue weighted by molar-refractivity contribution is 7.91. The molecule has 0 spiro atoms. The Morgan fingerprint density at radius 3 is 2.74 bits per heavy atom. The molecule has 0 unspecified atom stereocenters. The van der Waals surface area contributed by atoms with Crippen molar-refractivity contribution in [2.45, 2.75) is 38.8 Å². The van der Waals surface area contributed by atoms with Crippen molar-refractivity contribution in [2.75, 3.05) is 25.1 Å². The number of hydrogen-bond acceptors (Lipinski definition) is 5. The molecule has 1 N–H and O–H groups in total. The van der Waals surface area contributed by atoms with Crippen LogP contribution >= 0.6 is 11.3 Å². The number of rotatable bonds is 7. The van der Waals surface area contributed by atoms with Crippen LogP contribution in [0.25, 0.3) is 0 Å². The van der Waals surface area contributed by atoms with Gasteiger partial charge in [0.2, 0.25) is 5.91 Å². The van der Waals surface area contributed by atoms with Crippen molar-refractivity contribution in [3.8, 4) is 0 Å². The van der Waals surface area contributed by atoms with Gasteiger partial charge in [-0.15, -0.1) is 11.3 Å². The van der Waals surface area contributed by atoms with Gasteiger partial charge in [0.05, 0.1) is 24.1 Å². The van der Waals surface area contributed by atoms with E-state index in [4.69, 9.17) is 0 Å². The molecule has 0 saturated carbocycles. The lowest BCUT2D eigenvalue weighted by Gasteiger charge is -2.25. The summed E-state index contributed by atoms with van der Waals surface area (Å²) in [5.41, 5.74) is 0. The Bertz CT molecular complexity index is 611. The number of likely N-dealkylation sites (N-methyl/N-ethyl adjacent to an activating group) is 1. The van der Waals surface area contributed by atoms with Crippen LogP contribution < -0.4 is 5.32 Å². The Hall–Kier alpha value is -0.920. The second-order valence-electron chi connectivity index (χ2n) is 6.74. The zero-order valence-corrected chi connectivity index (χ0v) is 15.6. The third-order valence-corrected chi connectivity index (χ3v) is 6.89. The number of amides is 1. The third kappa shape index (κ3) is 5.58. The molecule has 1 aliphatic rings. The van der Waals surface area contributed by atoms with Gasteiger partial charge in [-0.3, -0.25) is 9.69 Å². The smallest absolute Gasteiger partial charge is 0.234 e. The molecule has 2 heterocycles. The van der Waals surface area contributed by atoms with Crippen LogP contribution in [-0.4, -0.2) is 50.4 Å². The molecule has 7 heteroatoms. The molecule has 23 heavy (non-hydrogen) atoms. The predicted molar refractivity (Wildman–Crippen MR) is 94.3 cm³/mol. The van der Waals surface area contributed by atoms with E-state index in [2.05, 4.69) is 19.2 Å². The second-order valence-corrected chi connectivity index (χ2v) is 9.95. The first-order chi connectivity index (χ1) is 10.8. The first kappa shape index (κ1) is 18.4. The minimum atomic E-state index is -2.92. The molecule has 1 fully saturated rings. The Balaban J connectivity index is 1.91. The number of nitrogens with zero attached hydrogens (tertiary/aromatic N) is 1. The van der Waals surface area contributed by atoms with Gasteiger partial charge in [0, 0.05) is 10.9 Å². The van der Waals surface area contributed by atoms with Gasteiger partial charge in [0.25, 0.3) is 0 Å². The highest BCUT2D eigenvalue weighted by Crippen LogP contribution is 2.25. The van der Waals surface area contributed by atoms with E-state index in [-0.39, 0.29) is 36.0 Å². The molecule has 1 aliphatic heterocycles. The monoisotopic (exact) mass is 358 g/mol. The van der Waals surface area contributed by atoms with Crippen LogP contribution in [-0.2, 0) is 14.6 Å². The number of carbonyl (C=O) groups excluding carboxylic acids is 1. The van der Waals surface area contributed by atoms with Gasteiger partial charge in [-0.1, -0.05) is 19.9 Å². The van der Waals surface area contributed by atoms with Crippen molar-refractivity contribution < 1.29 is 13.2 Å². The molecule has 5 nitrogen and oxygen atoms in total. The summed E-state index contributed by atoms with van der Waals surface area (Å²) in [6, 6.07) is 4.03. The fourth-order valence-corrected chi connectivity index (χ4v) is 5.52. The summed E-state index contributed by atoms with van der Waals surface area (Å²) in [6.07, 6.45) is 1.51. The van der Waals surface area contributed by atoms with E-state index < -0.39 is 9.84 Å². The fourth-order valence-electron chi connectivity index (χ4n) is 2.93. The number of carbonyl (C=O) groups is 1. The van der Waals surface area contributed by atoms with E-state index in [0.29, 0.717) is 12.3 Å². The van der Waals surface area contributed by atoms with Crippen molar-refractivity contribution in [1.82, 2.24) is 10.2 Å². The molecule has 130 valence electrons. The molecule has 0 radical (unpaired) electrons. The van der Waals surface area contributed by atoms with Crippen molar-refractivity contribution >= 4 is 27.1 Å². The standard InChI is InChI=1S/C16H26N2O3S2/c1-12(2)9-14(15-5-4-7-22-15)17-16(19)10-18(3)13-6-8-23(20,21)11-13/h4-5,7,12-14H,6,8-11H2,1-3H3,(H,17,19)/t13-,14+/m0/s1. The molecule has 2 rings (SSSR count). The van der Waals surface area contributed by atoms with E-state index in [1.165, 1.54) is 0 Å². The van der Waals surface area contributed by atoms with E-state index in [9.17, 15) is 13.2 Å². The Kier molecular flexibility index (Phi) is 6.22. The summed E-state index contributed by atoms with van der Waals surface area (Å²) < 4.78 is 23.1. The summed E-state index contributed by atoms with van der Waals surface area (Å²) in [7, 11) is -1.10.